The van der Waals surface area contributed by atoms with Crippen LogP contribution in [0.15, 0.2) is 78.9 Å². The standard InChI is InChI=1S/C27H33N2.H2O4S/c1-5-28(6-2)25-18-14-23(15-19-25)27(22-12-10-9-11-13-22)24-16-20-26(21-17-24)29(7-3)8-4;1-5(2,3)4/h9-21H,5-8H2,1-4H3;(H2,1,2,3,4)/q+1;/p-1. The van der Waals surface area contributed by atoms with E-state index in [0.29, 0.717) is 0 Å². The molecule has 0 radical (unpaired) electrons. The van der Waals surface area contributed by atoms with Gasteiger partial charge in [-0.15, -0.1) is 0 Å². The van der Waals surface area contributed by atoms with Gasteiger partial charge in [-0.05, 0) is 100 Å². The van der Waals surface area contributed by atoms with Crippen molar-refractivity contribution in [1.82, 2.24) is 0 Å². The van der Waals surface area contributed by atoms with Crippen LogP contribution in [0.4, 0.5) is 11.4 Å². The first-order valence-electron chi connectivity index (χ1n) is 11.5. The molecule has 1 N–H and O–H groups in total. The molecule has 0 spiro atoms. The molecule has 0 bridgehead atoms. The molecule has 0 aliphatic heterocycles. The van der Waals surface area contributed by atoms with Gasteiger partial charge in [0.2, 0.25) is 10.4 Å². The van der Waals surface area contributed by atoms with Crippen LogP contribution in [-0.4, -0.2) is 43.7 Å². The predicted octanol–water partition coefficient (Wildman–Crippen LogP) is 5.40. The maximum Gasteiger partial charge on any atom is 0.215 e. The molecule has 6 nitrogen and oxygen atoms in total. The number of hydrogen-bond acceptors (Lipinski definition) is 5. The zero-order chi connectivity index (χ0) is 25.1. The smallest absolute Gasteiger partial charge is 0.215 e. The minimum absolute atomic E-state index is 1.03. The number of anilines is 2. The van der Waals surface area contributed by atoms with Crippen LogP contribution in [0.2, 0.25) is 0 Å². The Kier molecular flexibility index (Phi) is 10.4. The molecular formula is C27H34N2O4S. The largest absolute Gasteiger partial charge is 0.726 e. The number of rotatable bonds is 9. The highest BCUT2D eigenvalue weighted by atomic mass is 32.3. The lowest BCUT2D eigenvalue weighted by molar-refractivity contribution is 0.366. The molecule has 0 saturated carbocycles. The average Bonchev–Trinajstić information content (AvgIpc) is 2.82. The van der Waals surface area contributed by atoms with Crippen molar-refractivity contribution in [2.75, 3.05) is 36.0 Å². The highest BCUT2D eigenvalue weighted by Crippen LogP contribution is 2.33. The lowest BCUT2D eigenvalue weighted by Gasteiger charge is -2.22. The fourth-order valence-electron chi connectivity index (χ4n) is 3.96. The van der Waals surface area contributed by atoms with Crippen LogP contribution in [-0.2, 0) is 10.4 Å². The van der Waals surface area contributed by atoms with Gasteiger partial charge in [-0.2, -0.15) is 0 Å². The fraction of sp³-hybridized carbons (Fsp3) is 0.296. The highest BCUT2D eigenvalue weighted by Gasteiger charge is 2.23. The molecule has 3 aromatic rings. The van der Waals surface area contributed by atoms with Crippen LogP contribution in [0.25, 0.3) is 0 Å². The maximum absolute atomic E-state index is 8.63. The van der Waals surface area contributed by atoms with Gasteiger partial charge >= 0.3 is 0 Å². The van der Waals surface area contributed by atoms with Gasteiger partial charge in [-0.1, -0.05) is 6.07 Å². The molecule has 3 rings (SSSR count). The molecule has 0 atom stereocenters. The summed E-state index contributed by atoms with van der Waals surface area (Å²) in [5, 5.41) is 0. The second kappa shape index (κ2) is 13.0. The second-order valence-corrected chi connectivity index (χ2v) is 8.46. The molecule has 0 fully saturated rings. The Hall–Kier alpha value is -3.00. The van der Waals surface area contributed by atoms with Gasteiger partial charge in [0.15, 0.2) is 0 Å². The lowest BCUT2D eigenvalue weighted by atomic mass is 9.85. The van der Waals surface area contributed by atoms with E-state index in [9.17, 15) is 0 Å². The molecule has 3 aromatic carbocycles. The van der Waals surface area contributed by atoms with E-state index in [1.165, 1.54) is 34.0 Å². The SMILES string of the molecule is CCN(CC)c1ccc([C+](c2ccccc2)c2ccc(N(CC)CC)cc2)cc1.O=S(=O)([O-])O. The summed E-state index contributed by atoms with van der Waals surface area (Å²) in [5.41, 5.74) is 6.31. The summed E-state index contributed by atoms with van der Waals surface area (Å²) < 4.78 is 32.8. The molecule has 0 saturated heterocycles. The lowest BCUT2D eigenvalue weighted by Crippen LogP contribution is -2.22. The first-order chi connectivity index (χ1) is 16.2. The minimum atomic E-state index is -4.92. The van der Waals surface area contributed by atoms with Crippen molar-refractivity contribution in [3.63, 3.8) is 0 Å². The molecule has 34 heavy (non-hydrogen) atoms. The van der Waals surface area contributed by atoms with E-state index < -0.39 is 10.4 Å². The Balaban J connectivity index is 0.000000739. The van der Waals surface area contributed by atoms with Crippen molar-refractivity contribution in [3.05, 3.63) is 101 Å². The topological polar surface area (TPSA) is 83.9 Å². The monoisotopic (exact) mass is 482 g/mol. The van der Waals surface area contributed by atoms with Crippen LogP contribution in [0, 0.1) is 5.92 Å². The first kappa shape index (κ1) is 27.2. The summed E-state index contributed by atoms with van der Waals surface area (Å²) >= 11 is 0. The normalized spacial score (nSPS) is 10.8. The average molecular weight is 483 g/mol. The molecule has 0 amide bonds. The van der Waals surface area contributed by atoms with Gasteiger partial charge in [-0.3, -0.25) is 4.55 Å². The van der Waals surface area contributed by atoms with Gasteiger partial charge in [0.25, 0.3) is 0 Å². The third-order valence-corrected chi connectivity index (χ3v) is 5.63. The summed E-state index contributed by atoms with van der Waals surface area (Å²) in [7, 11) is -4.92. The molecule has 182 valence electrons. The fourth-order valence-corrected chi connectivity index (χ4v) is 3.96. The van der Waals surface area contributed by atoms with Crippen molar-refractivity contribution in [2.24, 2.45) is 0 Å². The third-order valence-electron chi connectivity index (χ3n) is 5.63. The molecule has 0 unspecified atom stereocenters. The number of hydrogen-bond donors (Lipinski definition) is 1. The summed E-state index contributed by atoms with van der Waals surface area (Å²) in [6.45, 7) is 12.9. The molecule has 0 heterocycles. The summed E-state index contributed by atoms with van der Waals surface area (Å²) in [6, 6.07) is 28.7. The van der Waals surface area contributed by atoms with Gasteiger partial charge in [0, 0.05) is 37.6 Å². The maximum atomic E-state index is 8.63. The van der Waals surface area contributed by atoms with Gasteiger partial charge in [0.05, 0.1) is 22.6 Å². The van der Waals surface area contributed by atoms with Gasteiger partial charge in [0.1, 0.15) is 0 Å². The van der Waals surface area contributed by atoms with E-state index in [-0.39, 0.29) is 0 Å². The molecule has 0 aromatic heterocycles. The van der Waals surface area contributed by atoms with E-state index in [4.69, 9.17) is 17.5 Å². The van der Waals surface area contributed by atoms with Crippen molar-refractivity contribution in [2.45, 2.75) is 27.7 Å². The van der Waals surface area contributed by atoms with Crippen LogP contribution >= 0.6 is 0 Å². The first-order valence-corrected chi connectivity index (χ1v) is 12.9. The summed E-state index contributed by atoms with van der Waals surface area (Å²) in [6.07, 6.45) is 0. The van der Waals surface area contributed by atoms with Crippen LogP contribution in [0.1, 0.15) is 44.4 Å². The second-order valence-electron chi connectivity index (χ2n) is 7.61. The molecular weight excluding hydrogens is 448 g/mol. The van der Waals surface area contributed by atoms with E-state index >= 15 is 0 Å². The predicted molar refractivity (Wildman–Crippen MR) is 139 cm³/mol. The van der Waals surface area contributed by atoms with Crippen LogP contribution in [0.3, 0.4) is 0 Å². The van der Waals surface area contributed by atoms with Crippen LogP contribution in [0.5, 0.6) is 0 Å². The number of nitrogens with zero attached hydrogens (tertiary/aromatic N) is 2. The van der Waals surface area contributed by atoms with Crippen molar-refractivity contribution in [1.29, 1.82) is 0 Å². The Morgan fingerprint density at radius 1 is 0.647 bits per heavy atom. The van der Waals surface area contributed by atoms with Crippen LogP contribution < -0.4 is 9.80 Å². The van der Waals surface area contributed by atoms with E-state index in [1.807, 2.05) is 0 Å². The summed E-state index contributed by atoms with van der Waals surface area (Å²) in [4.78, 5) is 4.76. The zero-order valence-corrected chi connectivity index (χ0v) is 21.1. The Morgan fingerprint density at radius 2 is 0.941 bits per heavy atom. The van der Waals surface area contributed by atoms with E-state index in [0.717, 1.165) is 26.2 Å². The molecule has 0 aliphatic rings. The van der Waals surface area contributed by atoms with Gasteiger partial charge < -0.3 is 14.4 Å². The summed E-state index contributed by atoms with van der Waals surface area (Å²) in [5.74, 6) is 1.28. The van der Waals surface area contributed by atoms with Gasteiger partial charge in [-0.25, -0.2) is 8.42 Å². The van der Waals surface area contributed by atoms with Crippen molar-refractivity contribution >= 4 is 21.8 Å². The highest BCUT2D eigenvalue weighted by molar-refractivity contribution is 7.79. The van der Waals surface area contributed by atoms with Crippen molar-refractivity contribution < 1.29 is 17.5 Å². The number of benzene rings is 3. The Morgan fingerprint density at radius 3 is 1.24 bits per heavy atom. The minimum Gasteiger partial charge on any atom is -0.726 e. The molecule has 7 heteroatoms. The zero-order valence-electron chi connectivity index (χ0n) is 20.3. The van der Waals surface area contributed by atoms with E-state index in [1.54, 1.807) is 0 Å². The third kappa shape index (κ3) is 8.09. The molecule has 0 aliphatic carbocycles. The van der Waals surface area contributed by atoms with E-state index in [2.05, 4.69) is 116 Å². The Bertz CT molecular complexity index is 1010. The Labute approximate surface area is 204 Å². The quantitative estimate of drug-likeness (QED) is 0.190. The van der Waals surface area contributed by atoms with Crippen molar-refractivity contribution in [3.8, 4) is 0 Å².